The van der Waals surface area contributed by atoms with E-state index in [0.717, 1.165) is 81.7 Å². The molecule has 144 valence electrons. The lowest BCUT2D eigenvalue weighted by atomic mass is 10.1. The van der Waals surface area contributed by atoms with Gasteiger partial charge in [-0.15, -0.1) is 0 Å². The van der Waals surface area contributed by atoms with E-state index in [1.54, 1.807) is 0 Å². The molecule has 1 unspecified atom stereocenters. The molecule has 3 heterocycles. The first kappa shape index (κ1) is 18.2. The van der Waals surface area contributed by atoms with E-state index in [9.17, 15) is 0 Å². The Morgan fingerprint density at radius 1 is 1.11 bits per heavy atom. The monoisotopic (exact) mass is 367 g/mol. The van der Waals surface area contributed by atoms with Gasteiger partial charge in [0.05, 0.1) is 11.8 Å². The number of nitrogens with one attached hydrogen (secondary N) is 1. The van der Waals surface area contributed by atoms with Crippen LogP contribution in [0.5, 0.6) is 0 Å². The maximum Gasteiger partial charge on any atom is 0.227 e. The second-order valence-corrected chi connectivity index (χ2v) is 7.24. The lowest BCUT2D eigenvalue weighted by Crippen LogP contribution is -2.46. The van der Waals surface area contributed by atoms with Crippen molar-refractivity contribution in [2.45, 2.75) is 25.9 Å². The molecule has 0 amide bonds. The summed E-state index contributed by atoms with van der Waals surface area (Å²) in [5, 5.41) is 3.48. The zero-order valence-electron chi connectivity index (χ0n) is 16.1. The Balaban J connectivity index is 1.56. The summed E-state index contributed by atoms with van der Waals surface area (Å²) in [7, 11) is 0. The van der Waals surface area contributed by atoms with E-state index in [1.165, 1.54) is 0 Å². The average Bonchev–Trinajstić information content (AvgIpc) is 3.26. The van der Waals surface area contributed by atoms with Crippen LogP contribution in [-0.2, 0) is 4.74 Å². The van der Waals surface area contributed by atoms with Crippen molar-refractivity contribution in [2.75, 3.05) is 56.1 Å². The number of anilines is 2. The molecule has 2 saturated heterocycles. The second kappa shape index (κ2) is 8.67. The molecule has 2 fully saturated rings. The second-order valence-electron chi connectivity index (χ2n) is 7.24. The molecule has 0 saturated carbocycles. The zero-order valence-corrected chi connectivity index (χ0v) is 16.1. The van der Waals surface area contributed by atoms with Gasteiger partial charge in [-0.05, 0) is 19.4 Å². The summed E-state index contributed by atoms with van der Waals surface area (Å²) in [5.74, 6) is 1.70. The van der Waals surface area contributed by atoms with Gasteiger partial charge in [-0.3, -0.25) is 0 Å². The molecular weight excluding hydrogens is 338 g/mol. The number of rotatable bonds is 6. The first-order chi connectivity index (χ1) is 13.3. The summed E-state index contributed by atoms with van der Waals surface area (Å²) >= 11 is 0. The number of ether oxygens (including phenoxy) is 1. The van der Waals surface area contributed by atoms with Crippen LogP contribution in [-0.4, -0.2) is 66.8 Å². The number of aromatic nitrogens is 2. The highest BCUT2D eigenvalue weighted by Gasteiger charge is 2.20. The predicted molar refractivity (Wildman–Crippen MR) is 109 cm³/mol. The van der Waals surface area contributed by atoms with Crippen LogP contribution in [0.25, 0.3) is 11.3 Å². The van der Waals surface area contributed by atoms with Crippen LogP contribution in [0.2, 0.25) is 0 Å². The lowest BCUT2D eigenvalue weighted by Gasteiger charge is -2.34. The van der Waals surface area contributed by atoms with Crippen LogP contribution in [0, 0.1) is 0 Å². The number of hydrogen-bond acceptors (Lipinski definition) is 6. The summed E-state index contributed by atoms with van der Waals surface area (Å²) in [6, 6.07) is 12.4. The summed E-state index contributed by atoms with van der Waals surface area (Å²) < 4.78 is 5.74. The van der Waals surface area contributed by atoms with Crippen molar-refractivity contribution in [3.8, 4) is 11.3 Å². The maximum atomic E-state index is 5.74. The lowest BCUT2D eigenvalue weighted by molar-refractivity contribution is 0.120. The van der Waals surface area contributed by atoms with Gasteiger partial charge in [-0.1, -0.05) is 37.3 Å². The smallest absolute Gasteiger partial charge is 0.227 e. The van der Waals surface area contributed by atoms with Gasteiger partial charge in [0.15, 0.2) is 0 Å². The Labute approximate surface area is 161 Å². The third-order valence-electron chi connectivity index (χ3n) is 5.42. The van der Waals surface area contributed by atoms with E-state index in [2.05, 4.69) is 52.4 Å². The number of likely N-dealkylation sites (N-methyl/N-ethyl adjacent to an activating group) is 1. The molecular formula is C21H29N5O. The molecule has 1 N–H and O–H groups in total. The van der Waals surface area contributed by atoms with E-state index < -0.39 is 0 Å². The normalized spacial score (nSPS) is 20.8. The zero-order chi connectivity index (χ0) is 18.5. The van der Waals surface area contributed by atoms with E-state index in [4.69, 9.17) is 14.7 Å². The highest BCUT2D eigenvalue weighted by Crippen LogP contribution is 2.24. The van der Waals surface area contributed by atoms with Crippen molar-refractivity contribution in [2.24, 2.45) is 0 Å². The fraction of sp³-hybridized carbons (Fsp3) is 0.524. The van der Waals surface area contributed by atoms with Crippen LogP contribution in [0.1, 0.15) is 19.8 Å². The minimum absolute atomic E-state index is 0.289. The quantitative estimate of drug-likeness (QED) is 0.847. The Kier molecular flexibility index (Phi) is 5.84. The van der Waals surface area contributed by atoms with Gasteiger partial charge < -0.3 is 19.9 Å². The van der Waals surface area contributed by atoms with E-state index in [-0.39, 0.29) is 6.10 Å². The average molecular weight is 367 g/mol. The molecule has 2 aliphatic rings. The minimum Gasteiger partial charge on any atom is -0.376 e. The van der Waals surface area contributed by atoms with Crippen LogP contribution in [0.3, 0.4) is 0 Å². The molecule has 0 radical (unpaired) electrons. The van der Waals surface area contributed by atoms with Gasteiger partial charge in [-0.25, -0.2) is 4.98 Å². The van der Waals surface area contributed by atoms with Crippen LogP contribution < -0.4 is 10.2 Å². The standard InChI is InChI=1S/C21H29N5O/c1-2-25-10-12-26(13-11-25)21-23-19(17-7-4-3-5-8-17)15-20(24-21)22-16-18-9-6-14-27-18/h3-5,7-8,15,18H,2,6,9-14,16H2,1H3,(H,22,23,24). The fourth-order valence-electron chi connectivity index (χ4n) is 3.71. The van der Waals surface area contributed by atoms with Crippen molar-refractivity contribution >= 4 is 11.8 Å². The third-order valence-corrected chi connectivity index (χ3v) is 5.42. The van der Waals surface area contributed by atoms with E-state index in [1.807, 2.05) is 6.07 Å². The topological polar surface area (TPSA) is 53.5 Å². The maximum absolute atomic E-state index is 5.74. The molecule has 0 aliphatic carbocycles. The molecule has 6 heteroatoms. The summed E-state index contributed by atoms with van der Waals surface area (Å²) in [4.78, 5) is 14.5. The van der Waals surface area contributed by atoms with E-state index >= 15 is 0 Å². The van der Waals surface area contributed by atoms with Crippen LogP contribution >= 0.6 is 0 Å². The molecule has 6 nitrogen and oxygen atoms in total. The van der Waals surface area contributed by atoms with Crippen molar-refractivity contribution < 1.29 is 4.74 Å². The van der Waals surface area contributed by atoms with Crippen molar-refractivity contribution in [1.82, 2.24) is 14.9 Å². The molecule has 2 aliphatic heterocycles. The number of benzene rings is 1. The van der Waals surface area contributed by atoms with Crippen LogP contribution in [0.15, 0.2) is 36.4 Å². The summed E-state index contributed by atoms with van der Waals surface area (Å²) in [5.41, 5.74) is 2.09. The Bertz CT molecular complexity index is 725. The van der Waals surface area contributed by atoms with Gasteiger partial charge in [0, 0.05) is 51.0 Å². The Morgan fingerprint density at radius 2 is 1.93 bits per heavy atom. The van der Waals surface area contributed by atoms with Gasteiger partial charge in [0.2, 0.25) is 5.95 Å². The molecule has 2 aromatic rings. The summed E-state index contributed by atoms with van der Waals surface area (Å²) in [6.07, 6.45) is 2.56. The molecule has 4 rings (SSSR count). The van der Waals surface area contributed by atoms with Gasteiger partial charge in [0.25, 0.3) is 0 Å². The van der Waals surface area contributed by atoms with Crippen molar-refractivity contribution in [3.63, 3.8) is 0 Å². The van der Waals surface area contributed by atoms with Crippen LogP contribution in [0.4, 0.5) is 11.8 Å². The molecule has 1 aromatic carbocycles. The molecule has 27 heavy (non-hydrogen) atoms. The molecule has 1 atom stereocenters. The van der Waals surface area contributed by atoms with Gasteiger partial charge in [-0.2, -0.15) is 4.98 Å². The molecule has 0 spiro atoms. The Morgan fingerprint density at radius 3 is 2.63 bits per heavy atom. The largest absolute Gasteiger partial charge is 0.376 e. The molecule has 0 bridgehead atoms. The fourth-order valence-corrected chi connectivity index (χ4v) is 3.71. The van der Waals surface area contributed by atoms with Crippen molar-refractivity contribution in [3.05, 3.63) is 36.4 Å². The number of nitrogens with zero attached hydrogens (tertiary/aromatic N) is 4. The highest BCUT2D eigenvalue weighted by molar-refractivity contribution is 5.64. The number of hydrogen-bond donors (Lipinski definition) is 1. The first-order valence-electron chi connectivity index (χ1n) is 10.1. The third kappa shape index (κ3) is 4.57. The Hall–Kier alpha value is -2.18. The predicted octanol–water partition coefficient (Wildman–Crippen LogP) is 2.88. The SMILES string of the molecule is CCN1CCN(c2nc(NCC3CCCO3)cc(-c3ccccc3)n2)CC1. The number of piperazine rings is 1. The highest BCUT2D eigenvalue weighted by atomic mass is 16.5. The van der Waals surface area contributed by atoms with Gasteiger partial charge in [0.1, 0.15) is 5.82 Å². The summed E-state index contributed by atoms with van der Waals surface area (Å²) in [6.45, 7) is 9.06. The molecule has 1 aromatic heterocycles. The first-order valence-corrected chi connectivity index (χ1v) is 10.1. The van der Waals surface area contributed by atoms with Crippen molar-refractivity contribution in [1.29, 1.82) is 0 Å². The minimum atomic E-state index is 0.289. The van der Waals surface area contributed by atoms with E-state index in [0.29, 0.717) is 0 Å². The van der Waals surface area contributed by atoms with Gasteiger partial charge >= 0.3 is 0 Å².